The van der Waals surface area contributed by atoms with Crippen molar-refractivity contribution in [2.45, 2.75) is 38.1 Å². The smallest absolute Gasteiger partial charge is 0.264 e. The van der Waals surface area contributed by atoms with Gasteiger partial charge < -0.3 is 15.5 Å². The quantitative estimate of drug-likeness (QED) is 0.834. The lowest BCUT2D eigenvalue weighted by molar-refractivity contribution is -0.126. The van der Waals surface area contributed by atoms with Crippen LogP contribution in [-0.2, 0) is 4.79 Å². The number of likely N-dealkylation sites (tertiary alicyclic amines) is 1. The van der Waals surface area contributed by atoms with Crippen molar-refractivity contribution in [3.05, 3.63) is 22.4 Å². The number of halogens is 1. The van der Waals surface area contributed by atoms with Crippen LogP contribution in [0.25, 0.3) is 0 Å². The highest BCUT2D eigenvalue weighted by atomic mass is 35.5. The van der Waals surface area contributed by atoms with Crippen LogP contribution in [0.3, 0.4) is 0 Å². The lowest BCUT2D eigenvalue weighted by Crippen LogP contribution is -2.52. The highest BCUT2D eigenvalue weighted by Crippen LogP contribution is 2.22. The minimum Gasteiger partial charge on any atom is -0.354 e. The number of carbonyl (C=O) groups excluding carboxylic acids is 2. The third-order valence-electron chi connectivity index (χ3n) is 4.81. The van der Waals surface area contributed by atoms with Gasteiger partial charge in [0.2, 0.25) is 5.91 Å². The number of carbonyl (C=O) groups is 2. The molecule has 2 aliphatic heterocycles. The Labute approximate surface area is 153 Å². The molecule has 2 N–H and O–H groups in total. The number of thiophene rings is 1. The Hall–Kier alpha value is -1.11. The number of piperidine rings is 1. The first-order chi connectivity index (χ1) is 11.3. The number of nitrogens with one attached hydrogen (secondary N) is 2. The van der Waals surface area contributed by atoms with Gasteiger partial charge in [-0.15, -0.1) is 23.7 Å². The van der Waals surface area contributed by atoms with Gasteiger partial charge in [0.25, 0.3) is 5.91 Å². The van der Waals surface area contributed by atoms with Crippen molar-refractivity contribution in [1.29, 1.82) is 0 Å². The Balaban J connectivity index is 0.00000208. The first-order valence-electron chi connectivity index (χ1n) is 8.58. The van der Waals surface area contributed by atoms with Crippen molar-refractivity contribution in [3.8, 4) is 0 Å². The largest absolute Gasteiger partial charge is 0.354 e. The van der Waals surface area contributed by atoms with Crippen molar-refractivity contribution < 1.29 is 9.59 Å². The van der Waals surface area contributed by atoms with Gasteiger partial charge in [0.15, 0.2) is 0 Å². The summed E-state index contributed by atoms with van der Waals surface area (Å²) >= 11 is 1.44. The first-order valence-corrected chi connectivity index (χ1v) is 9.46. The van der Waals surface area contributed by atoms with Gasteiger partial charge in [0.05, 0.1) is 4.88 Å². The van der Waals surface area contributed by atoms with E-state index in [2.05, 4.69) is 10.6 Å². The van der Waals surface area contributed by atoms with Crippen LogP contribution >= 0.6 is 23.7 Å². The predicted molar refractivity (Wildman–Crippen MR) is 98.8 cm³/mol. The molecule has 2 unspecified atom stereocenters. The van der Waals surface area contributed by atoms with Gasteiger partial charge in [-0.1, -0.05) is 6.07 Å². The number of hydrogen-bond acceptors (Lipinski definition) is 4. The van der Waals surface area contributed by atoms with E-state index in [1.165, 1.54) is 17.8 Å². The molecule has 3 heterocycles. The average molecular weight is 372 g/mol. The summed E-state index contributed by atoms with van der Waals surface area (Å²) in [6.07, 6.45) is 4.98. The van der Waals surface area contributed by atoms with Gasteiger partial charge in [-0.25, -0.2) is 0 Å². The summed E-state index contributed by atoms with van der Waals surface area (Å²) in [5.41, 5.74) is 0. The molecule has 0 saturated carbocycles. The van der Waals surface area contributed by atoms with Gasteiger partial charge in [-0.2, -0.15) is 0 Å². The van der Waals surface area contributed by atoms with E-state index in [0.717, 1.165) is 43.6 Å². The molecule has 3 rings (SSSR count). The van der Waals surface area contributed by atoms with Crippen LogP contribution in [0.2, 0.25) is 0 Å². The monoisotopic (exact) mass is 371 g/mol. The second kappa shape index (κ2) is 9.39. The van der Waals surface area contributed by atoms with E-state index in [1.54, 1.807) is 4.90 Å². The Kier molecular flexibility index (Phi) is 7.52. The topological polar surface area (TPSA) is 61.4 Å². The molecule has 2 fully saturated rings. The van der Waals surface area contributed by atoms with Crippen LogP contribution in [0, 0.1) is 5.92 Å². The van der Waals surface area contributed by atoms with Crippen molar-refractivity contribution >= 4 is 35.6 Å². The molecule has 0 radical (unpaired) electrons. The minimum atomic E-state index is -0.306. The maximum Gasteiger partial charge on any atom is 0.264 e. The average Bonchev–Trinajstić information content (AvgIpc) is 3.27. The predicted octanol–water partition coefficient (Wildman–Crippen LogP) is 2.28. The normalized spacial score (nSPS) is 23.6. The van der Waals surface area contributed by atoms with E-state index in [1.807, 2.05) is 17.5 Å². The minimum absolute atomic E-state index is 0. The van der Waals surface area contributed by atoms with Gasteiger partial charge in [-0.05, 0) is 62.6 Å². The van der Waals surface area contributed by atoms with Gasteiger partial charge >= 0.3 is 0 Å². The Morgan fingerprint density at radius 1 is 1.33 bits per heavy atom. The molecule has 0 aliphatic carbocycles. The first kappa shape index (κ1) is 19.2. The number of nitrogens with zero attached hydrogens (tertiary/aromatic N) is 1. The van der Waals surface area contributed by atoms with Gasteiger partial charge in [0.1, 0.15) is 6.04 Å². The molecule has 2 saturated heterocycles. The van der Waals surface area contributed by atoms with Crippen LogP contribution < -0.4 is 10.6 Å². The number of hydrogen-bond donors (Lipinski definition) is 2. The third-order valence-corrected chi connectivity index (χ3v) is 5.67. The van der Waals surface area contributed by atoms with E-state index in [9.17, 15) is 9.59 Å². The lowest BCUT2D eigenvalue weighted by Gasteiger charge is -2.34. The van der Waals surface area contributed by atoms with Crippen molar-refractivity contribution in [1.82, 2.24) is 15.5 Å². The SMILES string of the molecule is Cl.O=C(NCCC1CCNC1)C1CCCCN1C(=O)c1cccs1. The van der Waals surface area contributed by atoms with Gasteiger partial charge in [-0.3, -0.25) is 9.59 Å². The van der Waals surface area contributed by atoms with Crippen LogP contribution in [-0.4, -0.2) is 48.9 Å². The zero-order valence-corrected chi connectivity index (χ0v) is 15.5. The summed E-state index contributed by atoms with van der Waals surface area (Å²) in [5, 5.41) is 8.30. The highest BCUT2D eigenvalue weighted by molar-refractivity contribution is 7.12. The van der Waals surface area contributed by atoms with Crippen molar-refractivity contribution in [3.63, 3.8) is 0 Å². The molecule has 0 spiro atoms. The van der Waals surface area contributed by atoms with E-state index in [0.29, 0.717) is 19.0 Å². The van der Waals surface area contributed by atoms with Crippen LogP contribution in [0.1, 0.15) is 41.8 Å². The molecular formula is C17H26ClN3O2S. The summed E-state index contributed by atoms with van der Waals surface area (Å²) in [6.45, 7) is 3.54. The van der Waals surface area contributed by atoms with E-state index in [-0.39, 0.29) is 30.3 Å². The summed E-state index contributed by atoms with van der Waals surface area (Å²) in [7, 11) is 0. The molecule has 2 amide bonds. The molecule has 1 aromatic heterocycles. The Morgan fingerprint density at radius 3 is 2.92 bits per heavy atom. The van der Waals surface area contributed by atoms with Gasteiger partial charge in [0, 0.05) is 13.1 Å². The third kappa shape index (κ3) is 4.71. The highest BCUT2D eigenvalue weighted by Gasteiger charge is 2.32. The molecule has 7 heteroatoms. The molecule has 24 heavy (non-hydrogen) atoms. The molecule has 2 aliphatic rings. The molecule has 0 bridgehead atoms. The van der Waals surface area contributed by atoms with Crippen LogP contribution in [0.5, 0.6) is 0 Å². The Morgan fingerprint density at radius 2 is 2.21 bits per heavy atom. The maximum absolute atomic E-state index is 12.6. The lowest BCUT2D eigenvalue weighted by atomic mass is 10.0. The summed E-state index contributed by atoms with van der Waals surface area (Å²) < 4.78 is 0. The zero-order chi connectivity index (χ0) is 16.1. The molecule has 1 aromatic rings. The fourth-order valence-electron chi connectivity index (χ4n) is 3.47. The van der Waals surface area contributed by atoms with Crippen molar-refractivity contribution in [2.75, 3.05) is 26.2 Å². The second-order valence-corrected chi connectivity index (χ2v) is 7.37. The van der Waals surface area contributed by atoms with Crippen LogP contribution in [0.4, 0.5) is 0 Å². The zero-order valence-electron chi connectivity index (χ0n) is 13.8. The number of rotatable bonds is 5. The fourth-order valence-corrected chi connectivity index (χ4v) is 4.15. The molecule has 5 nitrogen and oxygen atoms in total. The second-order valence-electron chi connectivity index (χ2n) is 6.43. The molecule has 134 valence electrons. The summed E-state index contributed by atoms with van der Waals surface area (Å²) in [4.78, 5) is 27.6. The fraction of sp³-hybridized carbons (Fsp3) is 0.647. The summed E-state index contributed by atoms with van der Waals surface area (Å²) in [5.74, 6) is 0.686. The molecule has 2 atom stereocenters. The Bertz CT molecular complexity index is 532. The van der Waals surface area contributed by atoms with Crippen molar-refractivity contribution in [2.24, 2.45) is 5.92 Å². The van der Waals surface area contributed by atoms with Crippen LogP contribution in [0.15, 0.2) is 17.5 Å². The van der Waals surface area contributed by atoms with E-state index in [4.69, 9.17) is 0 Å². The van der Waals surface area contributed by atoms with E-state index < -0.39 is 0 Å². The maximum atomic E-state index is 12.6. The standard InChI is InChI=1S/C17H25N3O2S.ClH/c21-16(19-9-7-13-6-8-18-12-13)14-4-1-2-10-20(14)17(22)15-5-3-11-23-15;/h3,5,11,13-14,18H,1-2,4,6-10,12H2,(H,19,21);1H. The van der Waals surface area contributed by atoms with E-state index >= 15 is 0 Å². The number of amides is 2. The summed E-state index contributed by atoms with van der Waals surface area (Å²) in [6, 6.07) is 3.41. The molecule has 0 aromatic carbocycles. The molecular weight excluding hydrogens is 346 g/mol.